The highest BCUT2D eigenvalue weighted by Gasteiger charge is 2.27. The lowest BCUT2D eigenvalue weighted by atomic mass is 10.1. The molecule has 0 unspecified atom stereocenters. The Bertz CT molecular complexity index is 950. The summed E-state index contributed by atoms with van der Waals surface area (Å²) in [5.74, 6) is -0.0395. The van der Waals surface area contributed by atoms with E-state index in [0.29, 0.717) is 12.2 Å². The number of anilines is 2. The van der Waals surface area contributed by atoms with Crippen LogP contribution in [0, 0.1) is 13.8 Å². The normalized spacial score (nSPS) is 16.9. The number of rotatable bonds is 3. The lowest BCUT2D eigenvalue weighted by molar-refractivity contribution is -0.116. The highest BCUT2D eigenvalue weighted by atomic mass is 32.2. The number of fused-ring (bicyclic) bond motifs is 1. The third-order valence-corrected chi connectivity index (χ3v) is 6.67. The Morgan fingerprint density at radius 3 is 2.42 bits per heavy atom. The van der Waals surface area contributed by atoms with E-state index in [0.717, 1.165) is 21.7 Å². The predicted molar refractivity (Wildman–Crippen MR) is 107 cm³/mol. The van der Waals surface area contributed by atoms with Crippen molar-refractivity contribution < 1.29 is 13.2 Å². The fraction of sp³-hybridized carbons (Fsp3) is 0.316. The number of nitrogens with zero attached hydrogens (tertiary/aromatic N) is 1. The first-order chi connectivity index (χ1) is 12.2. The van der Waals surface area contributed by atoms with Gasteiger partial charge in [-0.05, 0) is 55.3 Å². The number of carbonyl (C=O) groups excluding carboxylic acids is 1. The summed E-state index contributed by atoms with van der Waals surface area (Å²) in [6.07, 6.45) is 0. The minimum absolute atomic E-state index is 0.0395. The second-order valence-electron chi connectivity index (χ2n) is 6.67. The van der Waals surface area contributed by atoms with Gasteiger partial charge in [0.05, 0.1) is 10.6 Å². The Hall–Kier alpha value is -1.99. The van der Waals surface area contributed by atoms with Crippen LogP contribution in [0.25, 0.3) is 0 Å². The number of hydrogen-bond acceptors (Lipinski definition) is 4. The number of hydrogen-bond donors (Lipinski definition) is 1. The van der Waals surface area contributed by atoms with E-state index in [1.807, 2.05) is 26.8 Å². The van der Waals surface area contributed by atoms with Gasteiger partial charge in [-0.25, -0.2) is 8.42 Å². The van der Waals surface area contributed by atoms with Gasteiger partial charge in [0, 0.05) is 29.3 Å². The molecule has 1 N–H and O–H groups in total. The molecule has 1 atom stereocenters. The van der Waals surface area contributed by atoms with Gasteiger partial charge in [-0.3, -0.25) is 9.52 Å². The van der Waals surface area contributed by atoms with Crippen molar-refractivity contribution in [3.63, 3.8) is 0 Å². The molecular formula is C19H22N2O3S2. The summed E-state index contributed by atoms with van der Waals surface area (Å²) in [6.45, 7) is 8.04. The summed E-state index contributed by atoms with van der Waals surface area (Å²) < 4.78 is 28.3. The van der Waals surface area contributed by atoms with E-state index in [4.69, 9.17) is 0 Å². The van der Waals surface area contributed by atoms with Crippen molar-refractivity contribution in [1.29, 1.82) is 0 Å². The molecule has 0 saturated heterocycles. The van der Waals surface area contributed by atoms with Crippen LogP contribution in [0.3, 0.4) is 0 Å². The van der Waals surface area contributed by atoms with Crippen molar-refractivity contribution in [3.8, 4) is 0 Å². The predicted octanol–water partition coefficient (Wildman–Crippen LogP) is 3.95. The second-order valence-corrected chi connectivity index (χ2v) is 9.83. The van der Waals surface area contributed by atoms with Crippen molar-refractivity contribution >= 4 is 39.1 Å². The topological polar surface area (TPSA) is 66.5 Å². The van der Waals surface area contributed by atoms with E-state index >= 15 is 0 Å². The van der Waals surface area contributed by atoms with E-state index in [-0.39, 0.29) is 16.1 Å². The molecule has 138 valence electrons. The average Bonchev–Trinajstić information content (AvgIpc) is 2.51. The number of benzene rings is 2. The zero-order valence-corrected chi connectivity index (χ0v) is 16.9. The SMILES string of the molecule is CC(=O)N1C[C@H](C)Sc2cc(S(=O)(=O)Nc3cc(C)cc(C)c3)ccc21. The maximum atomic E-state index is 12.8. The van der Waals surface area contributed by atoms with Gasteiger partial charge in [-0.1, -0.05) is 13.0 Å². The van der Waals surface area contributed by atoms with Gasteiger partial charge >= 0.3 is 0 Å². The molecule has 2 aromatic rings. The highest BCUT2D eigenvalue weighted by Crippen LogP contribution is 2.40. The summed E-state index contributed by atoms with van der Waals surface area (Å²) >= 11 is 1.59. The zero-order chi connectivity index (χ0) is 19.1. The van der Waals surface area contributed by atoms with Gasteiger partial charge in [0.1, 0.15) is 0 Å². The van der Waals surface area contributed by atoms with Gasteiger partial charge in [0.15, 0.2) is 0 Å². The number of nitrogens with one attached hydrogen (secondary N) is 1. The molecule has 1 heterocycles. The van der Waals surface area contributed by atoms with Crippen molar-refractivity contribution in [1.82, 2.24) is 0 Å². The molecule has 0 aliphatic carbocycles. The Labute approximate surface area is 158 Å². The molecular weight excluding hydrogens is 368 g/mol. The van der Waals surface area contributed by atoms with Crippen LogP contribution in [-0.2, 0) is 14.8 Å². The van der Waals surface area contributed by atoms with E-state index in [1.54, 1.807) is 47.0 Å². The molecule has 0 saturated carbocycles. The highest BCUT2D eigenvalue weighted by molar-refractivity contribution is 8.00. The molecule has 1 aliphatic heterocycles. The van der Waals surface area contributed by atoms with Crippen molar-refractivity contribution in [2.24, 2.45) is 0 Å². The lowest BCUT2D eigenvalue weighted by Gasteiger charge is -2.32. The van der Waals surface area contributed by atoms with Gasteiger partial charge in [0.2, 0.25) is 5.91 Å². The van der Waals surface area contributed by atoms with E-state index in [2.05, 4.69) is 4.72 Å². The molecule has 7 heteroatoms. The summed E-state index contributed by atoms with van der Waals surface area (Å²) in [4.78, 5) is 14.6. The number of aryl methyl sites for hydroxylation is 2. The van der Waals surface area contributed by atoms with Crippen LogP contribution in [0.1, 0.15) is 25.0 Å². The Morgan fingerprint density at radius 1 is 1.15 bits per heavy atom. The van der Waals surface area contributed by atoms with Crippen LogP contribution in [0.5, 0.6) is 0 Å². The fourth-order valence-electron chi connectivity index (χ4n) is 3.13. The summed E-state index contributed by atoms with van der Waals surface area (Å²) in [5.41, 5.74) is 3.31. The molecule has 5 nitrogen and oxygen atoms in total. The van der Waals surface area contributed by atoms with Crippen LogP contribution < -0.4 is 9.62 Å². The largest absolute Gasteiger partial charge is 0.310 e. The molecule has 2 aromatic carbocycles. The number of carbonyl (C=O) groups is 1. The molecule has 0 bridgehead atoms. The average molecular weight is 391 g/mol. The number of amides is 1. The molecule has 1 aliphatic rings. The molecule has 3 rings (SSSR count). The minimum atomic E-state index is -3.70. The van der Waals surface area contributed by atoms with Crippen LogP contribution in [-0.4, -0.2) is 26.1 Å². The lowest BCUT2D eigenvalue weighted by Crippen LogP contribution is -2.37. The van der Waals surface area contributed by atoms with Gasteiger partial charge in [-0.2, -0.15) is 0 Å². The first kappa shape index (κ1) is 18.8. The zero-order valence-electron chi connectivity index (χ0n) is 15.2. The van der Waals surface area contributed by atoms with Crippen molar-refractivity contribution in [3.05, 3.63) is 47.5 Å². The van der Waals surface area contributed by atoms with Gasteiger partial charge < -0.3 is 4.90 Å². The molecule has 26 heavy (non-hydrogen) atoms. The third-order valence-electron chi connectivity index (χ3n) is 4.15. The Balaban J connectivity index is 1.96. The second kappa shape index (κ2) is 6.96. The fourth-order valence-corrected chi connectivity index (χ4v) is 5.43. The molecule has 1 amide bonds. The van der Waals surface area contributed by atoms with Crippen LogP contribution in [0.15, 0.2) is 46.2 Å². The molecule has 0 radical (unpaired) electrons. The van der Waals surface area contributed by atoms with Gasteiger partial charge in [-0.15, -0.1) is 11.8 Å². The van der Waals surface area contributed by atoms with Crippen molar-refractivity contribution in [2.75, 3.05) is 16.2 Å². The van der Waals surface area contributed by atoms with E-state index in [1.165, 1.54) is 6.92 Å². The van der Waals surface area contributed by atoms with E-state index < -0.39 is 10.0 Å². The Morgan fingerprint density at radius 2 is 1.81 bits per heavy atom. The van der Waals surface area contributed by atoms with Crippen LogP contribution >= 0.6 is 11.8 Å². The third kappa shape index (κ3) is 3.88. The van der Waals surface area contributed by atoms with Gasteiger partial charge in [0.25, 0.3) is 10.0 Å². The number of thioether (sulfide) groups is 1. The molecule has 0 spiro atoms. The van der Waals surface area contributed by atoms with Crippen LogP contribution in [0.2, 0.25) is 0 Å². The minimum Gasteiger partial charge on any atom is -0.310 e. The monoisotopic (exact) mass is 390 g/mol. The van der Waals surface area contributed by atoms with E-state index in [9.17, 15) is 13.2 Å². The maximum absolute atomic E-state index is 12.8. The summed E-state index contributed by atoms with van der Waals surface area (Å²) in [5, 5.41) is 0.205. The standard InChI is InChI=1S/C19H22N2O3S2/c1-12-7-13(2)9-16(8-12)20-26(23,24)17-5-6-18-19(10-17)25-14(3)11-21(18)15(4)22/h5-10,14,20H,11H2,1-4H3/t14-/m0/s1. The first-order valence-electron chi connectivity index (χ1n) is 8.35. The molecule has 0 aromatic heterocycles. The van der Waals surface area contributed by atoms with Crippen LogP contribution in [0.4, 0.5) is 11.4 Å². The first-order valence-corrected chi connectivity index (χ1v) is 10.7. The Kier molecular flexibility index (Phi) is 5.03. The summed E-state index contributed by atoms with van der Waals surface area (Å²) in [7, 11) is -3.70. The molecule has 0 fully saturated rings. The quantitative estimate of drug-likeness (QED) is 0.862. The summed E-state index contributed by atoms with van der Waals surface area (Å²) in [6, 6.07) is 10.5. The smallest absolute Gasteiger partial charge is 0.261 e. The maximum Gasteiger partial charge on any atom is 0.261 e. The van der Waals surface area contributed by atoms with Crippen molar-refractivity contribution in [2.45, 2.75) is 42.7 Å². The number of sulfonamides is 1.